The topological polar surface area (TPSA) is 66.5 Å². The lowest BCUT2D eigenvalue weighted by Crippen LogP contribution is -2.34. The lowest BCUT2D eigenvalue weighted by molar-refractivity contribution is -0.116. The summed E-state index contributed by atoms with van der Waals surface area (Å²) >= 11 is 6.12. The Morgan fingerprint density at radius 1 is 0.903 bits per heavy atom. The number of hydrogen-bond donors (Lipinski definition) is 1. The maximum absolute atomic E-state index is 13.4. The number of hydrogen-bond acceptors (Lipinski definition) is 3. The average Bonchev–Trinajstić information content (AvgIpc) is 2.72. The summed E-state index contributed by atoms with van der Waals surface area (Å²) in [4.78, 5) is 12.7. The first kappa shape index (κ1) is 22.8. The van der Waals surface area contributed by atoms with Crippen LogP contribution in [0.2, 0.25) is 5.02 Å². The Balaban J connectivity index is 1.83. The molecular formula is C24H25ClN2O3S. The van der Waals surface area contributed by atoms with Gasteiger partial charge in [-0.3, -0.25) is 9.10 Å². The lowest BCUT2D eigenvalue weighted by Gasteiger charge is -2.24. The van der Waals surface area contributed by atoms with Gasteiger partial charge in [0.2, 0.25) is 5.91 Å². The largest absolute Gasteiger partial charge is 0.326 e. The standard InChI is InChI=1S/C24H25ClN2O3S/c1-17-4-10-21(11-5-17)27(31(29,30)22-12-6-18(2)7-13-22)15-14-24(28)26-20-9-8-19(3)23(25)16-20/h4-13,16H,14-15H2,1-3H3,(H,26,28). The number of carbonyl (C=O) groups is 1. The molecule has 0 aromatic heterocycles. The van der Waals surface area contributed by atoms with E-state index in [1.165, 1.54) is 4.31 Å². The van der Waals surface area contributed by atoms with Crippen molar-refractivity contribution in [3.05, 3.63) is 88.4 Å². The third kappa shape index (κ3) is 5.66. The van der Waals surface area contributed by atoms with Crippen LogP contribution in [0.1, 0.15) is 23.1 Å². The molecule has 3 aromatic rings. The van der Waals surface area contributed by atoms with Crippen molar-refractivity contribution < 1.29 is 13.2 Å². The van der Waals surface area contributed by atoms with Crippen LogP contribution in [0.15, 0.2) is 71.6 Å². The van der Waals surface area contributed by atoms with Crippen LogP contribution >= 0.6 is 11.6 Å². The Kier molecular flexibility index (Phi) is 7.03. The van der Waals surface area contributed by atoms with Gasteiger partial charge in [-0.1, -0.05) is 53.1 Å². The van der Waals surface area contributed by atoms with Crippen molar-refractivity contribution in [1.82, 2.24) is 0 Å². The molecule has 0 radical (unpaired) electrons. The molecule has 5 nitrogen and oxygen atoms in total. The smallest absolute Gasteiger partial charge is 0.264 e. The summed E-state index contributed by atoms with van der Waals surface area (Å²) in [5.41, 5.74) is 3.98. The van der Waals surface area contributed by atoms with Crippen molar-refractivity contribution in [1.29, 1.82) is 0 Å². The first-order valence-electron chi connectivity index (χ1n) is 9.89. The van der Waals surface area contributed by atoms with Gasteiger partial charge < -0.3 is 5.32 Å². The molecule has 1 amide bonds. The van der Waals surface area contributed by atoms with Gasteiger partial charge in [-0.15, -0.1) is 0 Å². The van der Waals surface area contributed by atoms with E-state index >= 15 is 0 Å². The summed E-state index contributed by atoms with van der Waals surface area (Å²) < 4.78 is 28.0. The van der Waals surface area contributed by atoms with Crippen molar-refractivity contribution >= 4 is 38.9 Å². The van der Waals surface area contributed by atoms with E-state index in [9.17, 15) is 13.2 Å². The summed E-state index contributed by atoms with van der Waals surface area (Å²) in [5.74, 6) is -0.295. The number of halogens is 1. The molecule has 31 heavy (non-hydrogen) atoms. The fourth-order valence-electron chi connectivity index (χ4n) is 3.03. The van der Waals surface area contributed by atoms with Crippen molar-refractivity contribution in [2.24, 2.45) is 0 Å². The molecule has 0 bridgehead atoms. The van der Waals surface area contributed by atoms with Gasteiger partial charge in [0.25, 0.3) is 10.0 Å². The van der Waals surface area contributed by atoms with Crippen LogP contribution in [-0.4, -0.2) is 20.9 Å². The molecule has 1 N–H and O–H groups in total. The van der Waals surface area contributed by atoms with E-state index in [1.807, 2.05) is 39.0 Å². The Morgan fingerprint density at radius 3 is 2.06 bits per heavy atom. The minimum Gasteiger partial charge on any atom is -0.326 e. The number of nitrogens with one attached hydrogen (secondary N) is 1. The quantitative estimate of drug-likeness (QED) is 0.511. The van der Waals surface area contributed by atoms with E-state index in [2.05, 4.69) is 5.32 Å². The number of rotatable bonds is 7. The highest BCUT2D eigenvalue weighted by molar-refractivity contribution is 7.92. The van der Waals surface area contributed by atoms with E-state index in [4.69, 9.17) is 11.6 Å². The molecule has 0 atom stereocenters. The summed E-state index contributed by atoms with van der Waals surface area (Å²) in [5, 5.41) is 3.34. The Labute approximate surface area is 188 Å². The molecule has 7 heteroatoms. The molecule has 0 aliphatic carbocycles. The van der Waals surface area contributed by atoms with Gasteiger partial charge in [0, 0.05) is 23.7 Å². The molecule has 0 unspecified atom stereocenters. The van der Waals surface area contributed by atoms with E-state index < -0.39 is 10.0 Å². The van der Waals surface area contributed by atoms with Crippen molar-refractivity contribution in [2.45, 2.75) is 32.1 Å². The number of benzene rings is 3. The van der Waals surface area contributed by atoms with Crippen molar-refractivity contribution in [2.75, 3.05) is 16.2 Å². The first-order chi connectivity index (χ1) is 14.7. The van der Waals surface area contributed by atoms with Gasteiger partial charge in [-0.2, -0.15) is 0 Å². The molecule has 0 heterocycles. The molecule has 0 saturated heterocycles. The number of carbonyl (C=O) groups excluding carboxylic acids is 1. The minimum absolute atomic E-state index is 0.00466. The van der Waals surface area contributed by atoms with E-state index in [0.29, 0.717) is 16.4 Å². The molecule has 0 spiro atoms. The zero-order valence-corrected chi connectivity index (χ0v) is 19.3. The highest BCUT2D eigenvalue weighted by Crippen LogP contribution is 2.25. The average molecular weight is 457 g/mol. The van der Waals surface area contributed by atoms with Crippen LogP contribution in [0, 0.1) is 20.8 Å². The maximum atomic E-state index is 13.4. The monoisotopic (exact) mass is 456 g/mol. The van der Waals surface area contributed by atoms with Crippen LogP contribution in [0.4, 0.5) is 11.4 Å². The molecular weight excluding hydrogens is 432 g/mol. The van der Waals surface area contributed by atoms with Crippen LogP contribution in [-0.2, 0) is 14.8 Å². The SMILES string of the molecule is Cc1ccc(N(CCC(=O)Nc2ccc(C)c(Cl)c2)S(=O)(=O)c2ccc(C)cc2)cc1. The Bertz CT molecular complexity index is 1170. The maximum Gasteiger partial charge on any atom is 0.264 e. The predicted octanol–water partition coefficient (Wildman–Crippen LogP) is 5.49. The molecule has 3 rings (SSSR count). The van der Waals surface area contributed by atoms with E-state index in [0.717, 1.165) is 16.7 Å². The van der Waals surface area contributed by atoms with Crippen LogP contribution < -0.4 is 9.62 Å². The summed E-state index contributed by atoms with van der Waals surface area (Å²) in [6.45, 7) is 5.71. The number of aryl methyl sites for hydroxylation is 3. The van der Waals surface area contributed by atoms with Gasteiger partial charge in [-0.05, 0) is 62.7 Å². The lowest BCUT2D eigenvalue weighted by atomic mass is 10.2. The van der Waals surface area contributed by atoms with Crippen LogP contribution in [0.5, 0.6) is 0 Å². The summed E-state index contributed by atoms with van der Waals surface area (Å²) in [7, 11) is -3.83. The zero-order valence-electron chi connectivity index (χ0n) is 17.7. The number of anilines is 2. The van der Waals surface area contributed by atoms with E-state index in [-0.39, 0.29) is 23.8 Å². The predicted molar refractivity (Wildman–Crippen MR) is 126 cm³/mol. The summed E-state index contributed by atoms with van der Waals surface area (Å²) in [6.07, 6.45) is -0.00946. The number of amides is 1. The van der Waals surface area contributed by atoms with Gasteiger partial charge in [0.15, 0.2) is 0 Å². The highest BCUT2D eigenvalue weighted by Gasteiger charge is 2.25. The van der Waals surface area contributed by atoms with E-state index in [1.54, 1.807) is 48.5 Å². The zero-order chi connectivity index (χ0) is 22.6. The normalized spacial score (nSPS) is 11.2. The van der Waals surface area contributed by atoms with Crippen LogP contribution in [0.3, 0.4) is 0 Å². The highest BCUT2D eigenvalue weighted by atomic mass is 35.5. The third-order valence-electron chi connectivity index (χ3n) is 4.93. The Hall–Kier alpha value is -2.83. The number of nitrogens with zero attached hydrogens (tertiary/aromatic N) is 1. The minimum atomic E-state index is -3.83. The fraction of sp³-hybridized carbons (Fsp3) is 0.208. The third-order valence-corrected chi connectivity index (χ3v) is 7.18. The molecule has 0 aliphatic rings. The van der Waals surface area contributed by atoms with Crippen molar-refractivity contribution in [3.63, 3.8) is 0 Å². The second kappa shape index (κ2) is 9.54. The van der Waals surface area contributed by atoms with Gasteiger partial charge >= 0.3 is 0 Å². The summed E-state index contributed by atoms with van der Waals surface area (Å²) in [6, 6.07) is 19.1. The second-order valence-electron chi connectivity index (χ2n) is 7.49. The molecule has 162 valence electrons. The molecule has 3 aromatic carbocycles. The first-order valence-corrected chi connectivity index (χ1v) is 11.7. The van der Waals surface area contributed by atoms with Gasteiger partial charge in [0.1, 0.15) is 0 Å². The van der Waals surface area contributed by atoms with Gasteiger partial charge in [0.05, 0.1) is 10.6 Å². The Morgan fingerprint density at radius 2 is 1.48 bits per heavy atom. The van der Waals surface area contributed by atoms with Crippen LogP contribution in [0.25, 0.3) is 0 Å². The molecule has 0 saturated carbocycles. The second-order valence-corrected chi connectivity index (χ2v) is 9.76. The molecule has 0 fully saturated rings. The molecule has 0 aliphatic heterocycles. The van der Waals surface area contributed by atoms with Crippen molar-refractivity contribution in [3.8, 4) is 0 Å². The number of sulfonamides is 1. The fourth-order valence-corrected chi connectivity index (χ4v) is 4.68. The van der Waals surface area contributed by atoms with Gasteiger partial charge in [-0.25, -0.2) is 8.42 Å².